The normalized spacial score (nSPS) is 51.9. The first kappa shape index (κ1) is 66.6. The van der Waals surface area contributed by atoms with Crippen LogP contribution in [-0.4, -0.2) is 380 Å². The highest BCUT2D eigenvalue weighted by Crippen LogP contribution is 2.38. The second-order valence-electron chi connectivity index (χ2n) is 20.1. The summed E-state index contributed by atoms with van der Waals surface area (Å²) in [6.07, 6.45) is -67.8. The van der Waals surface area contributed by atoms with Crippen LogP contribution in [0.2, 0.25) is 0 Å². The summed E-state index contributed by atoms with van der Waals surface area (Å²) < 4.78 is 77.9. The molecule has 0 saturated carbocycles. The molecule has 0 aromatic heterocycles. The van der Waals surface area contributed by atoms with Gasteiger partial charge in [0.05, 0.1) is 46.2 Å². The summed E-state index contributed by atoms with van der Waals surface area (Å²) in [7, 11) is 0. The van der Waals surface area contributed by atoms with Crippen LogP contribution < -0.4 is 0 Å². The summed E-state index contributed by atoms with van der Waals surface area (Å²) in [5.74, 6) is -1.11. The number of hydrogen-bond donors (Lipinski definition) is 22. The number of aliphatic hydroxyl groups excluding tert-OH is 22. The van der Waals surface area contributed by atoms with Gasteiger partial charge in [-0.1, -0.05) is 0 Å². The monoisotopic (exact) mass is 1190 g/mol. The Morgan fingerprint density at radius 3 is 0.802 bits per heavy atom. The minimum Gasteiger partial charge on any atom is -0.454 e. The van der Waals surface area contributed by atoms with Crippen molar-refractivity contribution in [3.05, 3.63) is 0 Å². The lowest BCUT2D eigenvalue weighted by Gasteiger charge is -2.50. The fourth-order valence-electron chi connectivity index (χ4n) is 10.3. The van der Waals surface area contributed by atoms with Gasteiger partial charge in [0.25, 0.3) is 0 Å². The highest BCUT2D eigenvalue weighted by molar-refractivity contribution is 5.66. The molecule has 0 spiro atoms. The molecule has 0 aliphatic carbocycles. The third-order valence-electron chi connectivity index (χ3n) is 14.8. The van der Waals surface area contributed by atoms with Gasteiger partial charge < -0.3 is 179 Å². The van der Waals surface area contributed by atoms with Crippen LogP contribution >= 0.6 is 0 Å². The average molecular weight is 1200 g/mol. The maximum atomic E-state index is 12.5. The zero-order chi connectivity index (χ0) is 59.6. The standard InChI is InChI=1S/C44H74O37/c1-9(52)68-37-30(66)36(80-43-28(64)22(58)34(14(6-49)73-43)78-41-27(63)20(56)32(12(4-47)72-41)77-39-25(61)18(54)17(53)10(2-45)70-39)16(8-51)75-44(37)81-35-15(7-50)74-42(29(65)23(35)59)79-33-13(5-48)71-40(26(62)21(33)57)76-31-11(3-46)69-38(67)24(60)19(31)55/h10-51,53-67H,2-8H2,1H3/t10-,11-,12-,13-,14-,15-,16-,17-,18+,19-,20-,21-,22-,23-,24+,25+,26+,27+,28+,29+,30+,31-,32-,33-,34-,35-,36-,37+,38?,39+,40+,41+,42+,43+,44+/m1/s1. The molecule has 0 aromatic carbocycles. The molecule has 35 atom stereocenters. The van der Waals surface area contributed by atoms with Crippen molar-refractivity contribution in [2.45, 2.75) is 222 Å². The van der Waals surface area contributed by atoms with E-state index in [2.05, 4.69) is 0 Å². The first-order chi connectivity index (χ1) is 38.4. The van der Waals surface area contributed by atoms with Crippen molar-refractivity contribution in [3.8, 4) is 0 Å². The molecule has 0 bridgehead atoms. The van der Waals surface area contributed by atoms with Gasteiger partial charge in [0.2, 0.25) is 0 Å². The lowest BCUT2D eigenvalue weighted by atomic mass is 9.95. The zero-order valence-corrected chi connectivity index (χ0v) is 42.6. The van der Waals surface area contributed by atoms with E-state index in [4.69, 9.17) is 66.3 Å². The zero-order valence-electron chi connectivity index (χ0n) is 42.6. The van der Waals surface area contributed by atoms with Crippen molar-refractivity contribution < 1.29 is 183 Å². The molecule has 1 unspecified atom stereocenters. The van der Waals surface area contributed by atoms with Gasteiger partial charge in [-0.3, -0.25) is 4.79 Å². The van der Waals surface area contributed by atoms with Crippen LogP contribution in [0.5, 0.6) is 0 Å². The van der Waals surface area contributed by atoms with E-state index in [0.717, 1.165) is 6.92 Å². The Labute approximate surface area is 457 Å². The molecule has 0 radical (unpaired) electrons. The predicted molar refractivity (Wildman–Crippen MR) is 241 cm³/mol. The topological polar surface area (TPSA) is 591 Å². The van der Waals surface area contributed by atoms with Crippen LogP contribution in [0, 0.1) is 0 Å². The summed E-state index contributed by atoms with van der Waals surface area (Å²) in [5.41, 5.74) is 0. The van der Waals surface area contributed by atoms with E-state index in [9.17, 15) is 117 Å². The number of ether oxygens (including phenoxy) is 14. The molecule has 7 aliphatic rings. The smallest absolute Gasteiger partial charge is 0.303 e. The summed E-state index contributed by atoms with van der Waals surface area (Å²) in [6.45, 7) is -6.10. The van der Waals surface area contributed by atoms with Crippen molar-refractivity contribution in [3.63, 3.8) is 0 Å². The maximum Gasteiger partial charge on any atom is 0.303 e. The average Bonchev–Trinajstić information content (AvgIpc) is 3.65. The van der Waals surface area contributed by atoms with Crippen molar-refractivity contribution in [2.24, 2.45) is 0 Å². The van der Waals surface area contributed by atoms with E-state index in [1.807, 2.05) is 0 Å². The Kier molecular flexibility index (Phi) is 23.6. The third-order valence-corrected chi connectivity index (χ3v) is 14.8. The molecule has 0 aromatic rings. The van der Waals surface area contributed by atoms with Crippen molar-refractivity contribution in [1.29, 1.82) is 0 Å². The van der Waals surface area contributed by atoms with Gasteiger partial charge in [-0.15, -0.1) is 0 Å². The summed E-state index contributed by atoms with van der Waals surface area (Å²) in [5, 5.41) is 234. The number of esters is 1. The lowest BCUT2D eigenvalue weighted by Crippen LogP contribution is -2.68. The van der Waals surface area contributed by atoms with E-state index < -0.39 is 267 Å². The number of aliphatic hydroxyl groups is 22. The van der Waals surface area contributed by atoms with E-state index >= 15 is 0 Å². The largest absolute Gasteiger partial charge is 0.454 e. The van der Waals surface area contributed by atoms with Crippen LogP contribution in [0.1, 0.15) is 6.92 Å². The van der Waals surface area contributed by atoms with Crippen LogP contribution in [0.4, 0.5) is 0 Å². The number of carbonyl (C=O) groups excluding carboxylic acids is 1. The molecular weight excluding hydrogens is 1120 g/mol. The van der Waals surface area contributed by atoms with Crippen LogP contribution in [-0.2, 0) is 71.1 Å². The van der Waals surface area contributed by atoms with Gasteiger partial charge in [-0.25, -0.2) is 0 Å². The van der Waals surface area contributed by atoms with Gasteiger partial charge >= 0.3 is 5.97 Å². The molecule has 7 saturated heterocycles. The highest BCUT2D eigenvalue weighted by Gasteiger charge is 2.59. The molecule has 37 heteroatoms. The van der Waals surface area contributed by atoms with E-state index in [1.54, 1.807) is 0 Å². The molecule has 7 aliphatic heterocycles. The summed E-state index contributed by atoms with van der Waals surface area (Å²) in [6, 6.07) is 0. The van der Waals surface area contributed by atoms with E-state index in [1.165, 1.54) is 0 Å². The Bertz CT molecular complexity index is 1920. The molecule has 0 amide bonds. The minimum absolute atomic E-state index is 0.851. The Morgan fingerprint density at radius 1 is 0.272 bits per heavy atom. The Hall–Kier alpha value is -1.93. The van der Waals surface area contributed by atoms with Gasteiger partial charge in [-0.05, 0) is 0 Å². The van der Waals surface area contributed by atoms with E-state index in [0.29, 0.717) is 0 Å². The SMILES string of the molecule is CC(=O)O[C@@H]1[C@H](O[C@H]2[C@H](O)[C@H](O)[C@H](O[C@H]3[C@H](O)[C@H](O)[C@H](O[C@H]4[C@H](O)[C@H](O)C(O)O[C@@H]4CO)O[C@@H]3CO)O[C@@H]2CO)O[C@H](CO)[C@@H](O[C@@H]2O[C@H](CO)[C@@H](O[C@@H]3O[C@H](CO)[C@@H](O[C@@H]4O[C@H](CO)[C@@H](O)[C@H](O)[C@@H]4O)[C@H](O)[C@@H]3O)[C@H](O)[C@@H]2O)[C@@H]1O. The quantitative estimate of drug-likeness (QED) is 0.0503. The fraction of sp³-hybridized carbons (Fsp3) is 0.977. The second-order valence-corrected chi connectivity index (χ2v) is 20.1. The molecule has 7 fully saturated rings. The number of carbonyl (C=O) groups is 1. The molecular formula is C44H74O37. The van der Waals surface area contributed by atoms with Gasteiger partial charge in [0, 0.05) is 6.92 Å². The maximum absolute atomic E-state index is 12.5. The van der Waals surface area contributed by atoms with Crippen molar-refractivity contribution in [1.82, 2.24) is 0 Å². The van der Waals surface area contributed by atoms with Crippen LogP contribution in [0.25, 0.3) is 0 Å². The van der Waals surface area contributed by atoms with Crippen LogP contribution in [0.15, 0.2) is 0 Å². The first-order valence-electron chi connectivity index (χ1n) is 25.5. The first-order valence-corrected chi connectivity index (χ1v) is 25.5. The second kappa shape index (κ2) is 28.7. The van der Waals surface area contributed by atoms with Crippen LogP contribution in [0.3, 0.4) is 0 Å². The number of rotatable bonds is 20. The fourth-order valence-corrected chi connectivity index (χ4v) is 10.3. The molecule has 22 N–H and O–H groups in total. The van der Waals surface area contributed by atoms with Gasteiger partial charge in [0.1, 0.15) is 165 Å². The summed E-state index contributed by atoms with van der Waals surface area (Å²) >= 11 is 0. The Morgan fingerprint density at radius 2 is 0.506 bits per heavy atom. The highest BCUT2D eigenvalue weighted by atomic mass is 16.8. The Balaban J connectivity index is 0.986. The molecule has 472 valence electrons. The predicted octanol–water partition coefficient (Wildman–Crippen LogP) is -15.7. The van der Waals surface area contributed by atoms with Crippen molar-refractivity contribution >= 4 is 5.97 Å². The molecule has 7 heterocycles. The van der Waals surface area contributed by atoms with Crippen molar-refractivity contribution in [2.75, 3.05) is 46.2 Å². The molecule has 81 heavy (non-hydrogen) atoms. The van der Waals surface area contributed by atoms with Gasteiger partial charge in [0.15, 0.2) is 50.1 Å². The number of hydrogen-bond acceptors (Lipinski definition) is 37. The lowest BCUT2D eigenvalue weighted by molar-refractivity contribution is -0.398. The molecule has 37 nitrogen and oxygen atoms in total. The third kappa shape index (κ3) is 13.9. The van der Waals surface area contributed by atoms with E-state index in [-0.39, 0.29) is 0 Å². The molecule has 7 rings (SSSR count). The minimum atomic E-state index is -2.24. The van der Waals surface area contributed by atoms with Gasteiger partial charge in [-0.2, -0.15) is 0 Å². The summed E-state index contributed by atoms with van der Waals surface area (Å²) in [4.78, 5) is 12.5.